The number of phenolic OH excluding ortho intramolecular Hbond substituents is 1. The molecule has 0 saturated heterocycles. The summed E-state index contributed by atoms with van der Waals surface area (Å²) in [5, 5.41) is 9.43. The highest BCUT2D eigenvalue weighted by Crippen LogP contribution is 2.34. The molecule has 2 aromatic carbocycles. The fourth-order valence-corrected chi connectivity index (χ4v) is 5.59. The molecule has 5 heteroatoms. The molecule has 2 aliphatic rings. The van der Waals surface area contributed by atoms with Crippen LogP contribution in [0.2, 0.25) is 0 Å². The highest BCUT2D eigenvalue weighted by Gasteiger charge is 2.32. The molecule has 0 atom stereocenters. The molecule has 2 heterocycles. The van der Waals surface area contributed by atoms with Gasteiger partial charge in [0.05, 0.1) is 11.4 Å². The molecule has 5 nitrogen and oxygen atoms in total. The number of aryl methyl sites for hydroxylation is 1. The van der Waals surface area contributed by atoms with Crippen molar-refractivity contribution in [3.05, 3.63) is 123 Å². The van der Waals surface area contributed by atoms with Crippen molar-refractivity contribution in [3.63, 3.8) is 0 Å². The Morgan fingerprint density at radius 2 is 1.09 bits per heavy atom. The van der Waals surface area contributed by atoms with Gasteiger partial charge in [0.15, 0.2) is 11.6 Å². The number of pyridine rings is 2. The van der Waals surface area contributed by atoms with E-state index in [1.165, 1.54) is 5.56 Å². The van der Waals surface area contributed by atoms with Gasteiger partial charge in [-0.2, -0.15) is 0 Å². The lowest BCUT2D eigenvalue weighted by molar-refractivity contribution is 0.0900. The summed E-state index contributed by atoms with van der Waals surface area (Å²) in [5.74, 6) is 12.8. The van der Waals surface area contributed by atoms with Crippen LogP contribution in [-0.4, -0.2) is 26.6 Å². The van der Waals surface area contributed by atoms with Crippen LogP contribution in [-0.2, 0) is 12.8 Å². The van der Waals surface area contributed by atoms with Crippen LogP contribution in [0, 0.1) is 41.4 Å². The summed E-state index contributed by atoms with van der Waals surface area (Å²) in [6, 6.07) is 22.2. The molecule has 0 radical (unpaired) electrons. The fraction of sp³-hybridized carbons (Fsp3) is 0.282. The number of hydrogen-bond acceptors (Lipinski definition) is 5. The molecule has 2 aromatic heterocycles. The van der Waals surface area contributed by atoms with Crippen LogP contribution in [0.5, 0.6) is 5.75 Å². The SMILES string of the molecule is CC1(C)CC(=O)c2ccc(C#Cc3cccc(O)c3)nc2C1.Cc1cccc(C#Cc2ccc3c(n2)CC(C)(C)CC3=O)c1. The number of phenols is 1. The maximum atomic E-state index is 12.2. The number of fused-ring (bicyclic) bond motifs is 2. The highest BCUT2D eigenvalue weighted by molar-refractivity contribution is 5.99. The van der Waals surface area contributed by atoms with Crippen LogP contribution in [0.25, 0.3) is 0 Å². The summed E-state index contributed by atoms with van der Waals surface area (Å²) in [4.78, 5) is 33.4. The molecular formula is C39H36N2O3. The molecule has 4 aromatic rings. The van der Waals surface area contributed by atoms with Gasteiger partial charge in [0, 0.05) is 35.1 Å². The summed E-state index contributed by atoms with van der Waals surface area (Å²) >= 11 is 0. The van der Waals surface area contributed by atoms with E-state index in [9.17, 15) is 14.7 Å². The zero-order valence-corrected chi connectivity index (χ0v) is 25.9. The zero-order chi connectivity index (χ0) is 31.5. The van der Waals surface area contributed by atoms with E-state index >= 15 is 0 Å². The van der Waals surface area contributed by atoms with Crippen molar-refractivity contribution in [2.75, 3.05) is 0 Å². The standard InChI is InChI=1S/C20H19NO.C19H17NO2/c1-14-5-4-6-15(11-14)7-8-16-9-10-17-18(21-16)12-20(2,3)13-19(17)22;1-19(2)11-17-16(18(22)12-19)9-8-14(20-17)7-6-13-4-3-5-15(21)10-13/h4-6,9-11H,12-13H2,1-3H3;3-5,8-10,21H,11-12H2,1-2H3. The molecule has 0 unspecified atom stereocenters. The van der Waals surface area contributed by atoms with Gasteiger partial charge in [-0.1, -0.05) is 57.7 Å². The first-order valence-corrected chi connectivity index (χ1v) is 14.8. The monoisotopic (exact) mass is 580 g/mol. The number of carbonyl (C=O) groups excluding carboxylic acids is 2. The third kappa shape index (κ3) is 7.68. The van der Waals surface area contributed by atoms with Crippen molar-refractivity contribution in [2.45, 2.75) is 60.3 Å². The molecule has 0 fully saturated rings. The van der Waals surface area contributed by atoms with E-state index < -0.39 is 0 Å². The lowest BCUT2D eigenvalue weighted by Crippen LogP contribution is -2.28. The number of ketones is 2. The summed E-state index contributed by atoms with van der Waals surface area (Å²) in [6.07, 6.45) is 2.77. The van der Waals surface area contributed by atoms with E-state index in [1.807, 2.05) is 36.4 Å². The topological polar surface area (TPSA) is 80.2 Å². The molecular weight excluding hydrogens is 544 g/mol. The molecule has 6 rings (SSSR count). The van der Waals surface area contributed by atoms with Crippen LogP contribution in [0.3, 0.4) is 0 Å². The van der Waals surface area contributed by atoms with E-state index in [4.69, 9.17) is 0 Å². The molecule has 0 aliphatic heterocycles. The Labute approximate surface area is 259 Å². The fourth-order valence-electron chi connectivity index (χ4n) is 5.59. The van der Waals surface area contributed by atoms with E-state index in [0.29, 0.717) is 18.5 Å². The Hall–Kier alpha value is -5.00. The predicted octanol–water partition coefficient (Wildman–Crippen LogP) is 7.29. The van der Waals surface area contributed by atoms with Gasteiger partial charge in [-0.05, 0) is 103 Å². The maximum Gasteiger partial charge on any atom is 0.165 e. The molecule has 0 bridgehead atoms. The third-order valence-corrected chi connectivity index (χ3v) is 7.65. The van der Waals surface area contributed by atoms with Crippen molar-refractivity contribution in [3.8, 4) is 29.4 Å². The minimum atomic E-state index is -0.0473. The Morgan fingerprint density at radius 1 is 0.614 bits per heavy atom. The van der Waals surface area contributed by atoms with Crippen molar-refractivity contribution in [1.29, 1.82) is 0 Å². The Balaban J connectivity index is 0.000000175. The average molecular weight is 581 g/mol. The van der Waals surface area contributed by atoms with Gasteiger partial charge < -0.3 is 5.11 Å². The number of aromatic hydroxyl groups is 1. The molecule has 0 amide bonds. The van der Waals surface area contributed by atoms with Crippen LogP contribution in [0.15, 0.2) is 72.8 Å². The number of aromatic nitrogens is 2. The second-order valence-corrected chi connectivity index (χ2v) is 13.2. The second kappa shape index (κ2) is 12.3. The van der Waals surface area contributed by atoms with Gasteiger partial charge in [-0.25, -0.2) is 9.97 Å². The smallest absolute Gasteiger partial charge is 0.165 e. The number of carbonyl (C=O) groups is 2. The van der Waals surface area contributed by atoms with Crippen molar-refractivity contribution in [1.82, 2.24) is 9.97 Å². The van der Waals surface area contributed by atoms with Crippen LogP contribution in [0.4, 0.5) is 0 Å². The predicted molar refractivity (Wildman–Crippen MR) is 173 cm³/mol. The summed E-state index contributed by atoms with van der Waals surface area (Å²) in [7, 11) is 0. The van der Waals surface area contributed by atoms with Crippen LogP contribution in [0.1, 0.15) is 101 Å². The number of Topliss-reactive ketones (excluding diaryl/α,β-unsaturated/α-hetero) is 2. The molecule has 0 saturated carbocycles. The zero-order valence-electron chi connectivity index (χ0n) is 25.9. The number of benzene rings is 2. The molecule has 44 heavy (non-hydrogen) atoms. The highest BCUT2D eigenvalue weighted by atomic mass is 16.3. The first-order valence-electron chi connectivity index (χ1n) is 14.8. The molecule has 2 aliphatic carbocycles. The van der Waals surface area contributed by atoms with Gasteiger partial charge in [-0.3, -0.25) is 9.59 Å². The normalized spacial score (nSPS) is 15.7. The van der Waals surface area contributed by atoms with Crippen molar-refractivity contribution >= 4 is 11.6 Å². The Morgan fingerprint density at radius 3 is 1.57 bits per heavy atom. The van der Waals surface area contributed by atoms with E-state index in [1.54, 1.807) is 24.3 Å². The number of hydrogen-bond donors (Lipinski definition) is 1. The molecule has 220 valence electrons. The van der Waals surface area contributed by atoms with Crippen molar-refractivity contribution < 1.29 is 14.7 Å². The van der Waals surface area contributed by atoms with Gasteiger partial charge in [0.1, 0.15) is 17.1 Å². The van der Waals surface area contributed by atoms with Gasteiger partial charge in [-0.15, -0.1) is 0 Å². The quantitative estimate of drug-likeness (QED) is 0.221. The summed E-state index contributed by atoms with van der Waals surface area (Å²) in [6.45, 7) is 10.4. The van der Waals surface area contributed by atoms with Crippen LogP contribution >= 0.6 is 0 Å². The number of rotatable bonds is 0. The first kappa shape index (κ1) is 30.5. The molecule has 0 spiro atoms. The molecule has 1 N–H and O–H groups in total. The minimum Gasteiger partial charge on any atom is -0.508 e. The average Bonchev–Trinajstić information content (AvgIpc) is 2.94. The van der Waals surface area contributed by atoms with E-state index in [2.05, 4.69) is 80.4 Å². The summed E-state index contributed by atoms with van der Waals surface area (Å²) < 4.78 is 0. The Bertz CT molecular complexity index is 1750. The first-order chi connectivity index (χ1) is 20.9. The van der Waals surface area contributed by atoms with Gasteiger partial charge in [0.25, 0.3) is 0 Å². The second-order valence-electron chi connectivity index (χ2n) is 13.2. The largest absolute Gasteiger partial charge is 0.508 e. The van der Waals surface area contributed by atoms with Gasteiger partial charge >= 0.3 is 0 Å². The lowest BCUT2D eigenvalue weighted by atomic mass is 9.75. The summed E-state index contributed by atoms with van der Waals surface area (Å²) in [5.41, 5.74) is 7.43. The van der Waals surface area contributed by atoms with E-state index in [0.717, 1.165) is 52.2 Å². The minimum absolute atomic E-state index is 0.0142. The Kier molecular flexibility index (Phi) is 8.52. The van der Waals surface area contributed by atoms with E-state index in [-0.39, 0.29) is 28.1 Å². The maximum absolute atomic E-state index is 12.2. The number of nitrogens with zero attached hydrogens (tertiary/aromatic N) is 2. The van der Waals surface area contributed by atoms with Crippen molar-refractivity contribution in [2.24, 2.45) is 10.8 Å². The lowest BCUT2D eigenvalue weighted by Gasteiger charge is -2.29. The van der Waals surface area contributed by atoms with Crippen LogP contribution < -0.4 is 0 Å². The van der Waals surface area contributed by atoms with Gasteiger partial charge in [0.2, 0.25) is 0 Å². The third-order valence-electron chi connectivity index (χ3n) is 7.65.